The maximum Gasteiger partial charge on any atom is 0.573 e. The molecule has 0 radical (unpaired) electrons. The van der Waals surface area contributed by atoms with Crippen LogP contribution in [0.2, 0.25) is 0 Å². The number of ether oxygens (including phenoxy) is 1. The molecule has 13 heteroatoms. The summed E-state index contributed by atoms with van der Waals surface area (Å²) in [5, 5.41) is 16.2. The summed E-state index contributed by atoms with van der Waals surface area (Å²) in [7, 11) is 0. The van der Waals surface area contributed by atoms with Gasteiger partial charge < -0.3 is 15.4 Å². The molecule has 0 aliphatic heterocycles. The van der Waals surface area contributed by atoms with Gasteiger partial charge in [-0.3, -0.25) is 9.59 Å². The van der Waals surface area contributed by atoms with E-state index in [-0.39, 0.29) is 29.1 Å². The predicted molar refractivity (Wildman–Crippen MR) is 88.3 cm³/mol. The van der Waals surface area contributed by atoms with E-state index in [4.69, 9.17) is 0 Å². The Bertz CT molecular complexity index is 781. The summed E-state index contributed by atoms with van der Waals surface area (Å²) in [4.78, 5) is 23.0. The Morgan fingerprint density at radius 3 is 2.52 bits per heavy atom. The van der Waals surface area contributed by atoms with E-state index >= 15 is 0 Å². The Morgan fingerprint density at radius 2 is 1.89 bits per heavy atom. The summed E-state index contributed by atoms with van der Waals surface area (Å²) >= 11 is 1.01. The van der Waals surface area contributed by atoms with E-state index in [0.717, 1.165) is 23.9 Å². The van der Waals surface area contributed by atoms with Crippen LogP contribution in [0.15, 0.2) is 29.4 Å². The smallest absolute Gasteiger partial charge is 0.406 e. The van der Waals surface area contributed by atoms with E-state index in [9.17, 15) is 22.8 Å². The summed E-state index contributed by atoms with van der Waals surface area (Å²) in [6.07, 6.45) is -4.78. The lowest BCUT2D eigenvalue weighted by molar-refractivity contribution is -0.274. The molecule has 9 nitrogen and oxygen atoms in total. The maximum atomic E-state index is 12.2. The molecule has 1 aromatic heterocycles. The average Bonchev–Trinajstić information content (AvgIpc) is 3.06. The zero-order valence-electron chi connectivity index (χ0n) is 14.0. The summed E-state index contributed by atoms with van der Waals surface area (Å²) < 4.78 is 41.6. The van der Waals surface area contributed by atoms with Gasteiger partial charge in [-0.05, 0) is 41.6 Å². The van der Waals surface area contributed by atoms with E-state index < -0.39 is 12.3 Å². The van der Waals surface area contributed by atoms with Crippen molar-refractivity contribution in [3.8, 4) is 11.4 Å². The minimum Gasteiger partial charge on any atom is -0.406 e. The molecule has 0 atom stereocenters. The van der Waals surface area contributed by atoms with Crippen molar-refractivity contribution in [2.75, 3.05) is 18.8 Å². The minimum absolute atomic E-state index is 0.0466. The lowest BCUT2D eigenvalue weighted by atomic mass is 10.3. The van der Waals surface area contributed by atoms with Crippen molar-refractivity contribution in [1.29, 1.82) is 0 Å². The van der Waals surface area contributed by atoms with Crippen LogP contribution in [-0.2, 0) is 9.59 Å². The molecule has 0 saturated heterocycles. The van der Waals surface area contributed by atoms with Crippen LogP contribution in [0.3, 0.4) is 0 Å². The van der Waals surface area contributed by atoms with Crippen molar-refractivity contribution in [3.63, 3.8) is 0 Å². The highest BCUT2D eigenvalue weighted by molar-refractivity contribution is 7.99. The fourth-order valence-corrected chi connectivity index (χ4v) is 2.56. The van der Waals surface area contributed by atoms with E-state index in [0.29, 0.717) is 12.2 Å². The van der Waals surface area contributed by atoms with E-state index in [1.165, 1.54) is 16.8 Å². The van der Waals surface area contributed by atoms with Crippen LogP contribution < -0.4 is 15.4 Å². The van der Waals surface area contributed by atoms with Crippen molar-refractivity contribution < 1.29 is 27.5 Å². The molecule has 27 heavy (non-hydrogen) atoms. The number of aromatic nitrogens is 4. The van der Waals surface area contributed by atoms with Gasteiger partial charge in [-0.1, -0.05) is 11.8 Å². The van der Waals surface area contributed by atoms with Gasteiger partial charge in [-0.2, -0.15) is 4.68 Å². The van der Waals surface area contributed by atoms with Crippen LogP contribution in [-0.4, -0.2) is 57.2 Å². The largest absolute Gasteiger partial charge is 0.573 e. The SMILES string of the molecule is CCNC(=O)CNC(=O)CSc1nnnn1-c1ccc(OC(F)(F)F)cc1. The third kappa shape index (κ3) is 6.77. The van der Waals surface area contributed by atoms with Crippen LogP contribution in [0.5, 0.6) is 5.75 Å². The van der Waals surface area contributed by atoms with Gasteiger partial charge in [0.15, 0.2) is 0 Å². The lowest BCUT2D eigenvalue weighted by Gasteiger charge is -2.09. The topological polar surface area (TPSA) is 111 Å². The zero-order chi connectivity index (χ0) is 19.9. The number of thioether (sulfide) groups is 1. The Kier molecular flexibility index (Phi) is 6.98. The van der Waals surface area contributed by atoms with Gasteiger partial charge in [0.25, 0.3) is 0 Å². The highest BCUT2D eigenvalue weighted by atomic mass is 32.2. The first-order valence-electron chi connectivity index (χ1n) is 7.59. The number of amides is 2. The van der Waals surface area contributed by atoms with Crippen LogP contribution >= 0.6 is 11.8 Å². The molecule has 0 unspecified atom stereocenters. The van der Waals surface area contributed by atoms with Crippen molar-refractivity contribution in [1.82, 2.24) is 30.8 Å². The average molecular weight is 404 g/mol. The van der Waals surface area contributed by atoms with E-state index in [1.807, 2.05) is 0 Å². The number of benzene rings is 1. The first-order valence-corrected chi connectivity index (χ1v) is 8.58. The number of hydrogen-bond acceptors (Lipinski definition) is 7. The summed E-state index contributed by atoms with van der Waals surface area (Å²) in [6.45, 7) is 2.08. The molecule has 0 bridgehead atoms. The molecule has 2 amide bonds. The normalized spacial score (nSPS) is 11.1. The van der Waals surface area contributed by atoms with Crippen LogP contribution in [0.1, 0.15) is 6.92 Å². The number of halogens is 3. The predicted octanol–water partition coefficient (Wildman–Crippen LogP) is 0.905. The maximum absolute atomic E-state index is 12.2. The second kappa shape index (κ2) is 9.21. The molecule has 2 aromatic rings. The Balaban J connectivity index is 1.93. The lowest BCUT2D eigenvalue weighted by Crippen LogP contribution is -2.37. The van der Waals surface area contributed by atoms with Gasteiger partial charge in [0.05, 0.1) is 18.0 Å². The standard InChI is InChI=1S/C14H15F3N6O3S/c1-2-18-11(24)7-19-12(25)8-27-13-20-21-22-23(13)9-3-5-10(6-4-9)26-14(15,16)17/h3-6H,2,7-8H2,1H3,(H,18,24)(H,19,25). The number of tetrazole rings is 1. The molecule has 2 rings (SSSR count). The molecule has 0 aliphatic carbocycles. The molecule has 1 aromatic carbocycles. The summed E-state index contributed by atoms with van der Waals surface area (Å²) in [6, 6.07) is 4.93. The fourth-order valence-electron chi connectivity index (χ4n) is 1.84. The molecule has 146 valence electrons. The Labute approximate surface area is 155 Å². The van der Waals surface area contributed by atoms with Crippen LogP contribution in [0.25, 0.3) is 5.69 Å². The highest BCUT2D eigenvalue weighted by Gasteiger charge is 2.31. The molecule has 1 heterocycles. The van der Waals surface area contributed by atoms with Crippen LogP contribution in [0, 0.1) is 0 Å². The van der Waals surface area contributed by atoms with E-state index in [2.05, 4.69) is 30.9 Å². The fraction of sp³-hybridized carbons (Fsp3) is 0.357. The second-order valence-electron chi connectivity index (χ2n) is 4.93. The first kappa shape index (κ1) is 20.5. The first-order chi connectivity index (χ1) is 12.8. The molecular weight excluding hydrogens is 389 g/mol. The third-order valence-corrected chi connectivity index (χ3v) is 3.83. The van der Waals surface area contributed by atoms with Gasteiger partial charge in [0.2, 0.25) is 17.0 Å². The quantitative estimate of drug-likeness (QED) is 0.629. The van der Waals surface area contributed by atoms with Gasteiger partial charge >= 0.3 is 6.36 Å². The van der Waals surface area contributed by atoms with Crippen molar-refractivity contribution >= 4 is 23.6 Å². The van der Waals surface area contributed by atoms with Gasteiger partial charge in [-0.25, -0.2) is 0 Å². The monoisotopic (exact) mass is 404 g/mol. The number of alkyl halides is 3. The molecule has 0 saturated carbocycles. The highest BCUT2D eigenvalue weighted by Crippen LogP contribution is 2.24. The van der Waals surface area contributed by atoms with Gasteiger partial charge in [0, 0.05) is 6.54 Å². The Morgan fingerprint density at radius 1 is 1.19 bits per heavy atom. The number of rotatable bonds is 8. The number of likely N-dealkylation sites (N-methyl/N-ethyl adjacent to an activating group) is 1. The van der Waals surface area contributed by atoms with Gasteiger partial charge in [-0.15, -0.1) is 18.3 Å². The molecule has 0 fully saturated rings. The Hall–Kier alpha value is -2.83. The molecular formula is C14H15F3N6O3S. The molecule has 0 aliphatic rings. The van der Waals surface area contributed by atoms with Crippen molar-refractivity contribution in [2.24, 2.45) is 0 Å². The minimum atomic E-state index is -4.78. The summed E-state index contributed by atoms with van der Waals surface area (Å²) in [5.74, 6) is -1.12. The number of carbonyl (C=O) groups is 2. The number of carbonyl (C=O) groups excluding carboxylic acids is 2. The van der Waals surface area contributed by atoms with Gasteiger partial charge in [0.1, 0.15) is 5.75 Å². The van der Waals surface area contributed by atoms with Crippen LogP contribution in [0.4, 0.5) is 13.2 Å². The molecule has 0 spiro atoms. The second-order valence-corrected chi connectivity index (χ2v) is 5.88. The zero-order valence-corrected chi connectivity index (χ0v) is 14.8. The molecule has 2 N–H and O–H groups in total. The van der Waals surface area contributed by atoms with Crippen molar-refractivity contribution in [3.05, 3.63) is 24.3 Å². The number of nitrogens with zero attached hydrogens (tertiary/aromatic N) is 4. The summed E-state index contributed by atoms with van der Waals surface area (Å²) in [5.41, 5.74) is 0.389. The number of hydrogen-bond donors (Lipinski definition) is 2. The van der Waals surface area contributed by atoms with Crippen molar-refractivity contribution in [2.45, 2.75) is 18.4 Å². The third-order valence-electron chi connectivity index (χ3n) is 2.91. The number of nitrogens with one attached hydrogen (secondary N) is 2. The van der Waals surface area contributed by atoms with E-state index in [1.54, 1.807) is 6.92 Å².